The number of benzene rings is 1. The Morgan fingerprint density at radius 3 is 2.55 bits per heavy atom. The molecule has 0 heterocycles. The Labute approximate surface area is 66.0 Å². The van der Waals surface area contributed by atoms with Gasteiger partial charge in [-0.25, -0.2) is 0 Å². The van der Waals surface area contributed by atoms with E-state index in [9.17, 15) is 4.79 Å². The lowest BCUT2D eigenvalue weighted by molar-refractivity contribution is 0.548. The molecule has 0 amide bonds. The number of rotatable bonds is 2. The molecule has 1 saturated carbocycles. The highest BCUT2D eigenvalue weighted by Gasteiger charge is 2.38. The Morgan fingerprint density at radius 1 is 1.27 bits per heavy atom. The Bertz CT molecular complexity index is 253. The van der Waals surface area contributed by atoms with E-state index in [1.54, 1.807) is 0 Å². The lowest BCUT2D eigenvalue weighted by atomic mass is 10.1. The van der Waals surface area contributed by atoms with Crippen LogP contribution in [0.4, 0.5) is 0 Å². The lowest BCUT2D eigenvalue weighted by Crippen LogP contribution is -1.82. The van der Waals surface area contributed by atoms with E-state index in [4.69, 9.17) is 0 Å². The highest BCUT2D eigenvalue weighted by atomic mass is 16.1. The van der Waals surface area contributed by atoms with Gasteiger partial charge in [0, 0.05) is 5.92 Å². The standard InChI is InChI=1S/C10H9O/c11-7-9-6-10(9)8-4-2-1-3-5-8/h1-5,9-10H,6H2. The van der Waals surface area contributed by atoms with Crippen molar-refractivity contribution < 1.29 is 4.79 Å². The molecule has 0 bridgehead atoms. The van der Waals surface area contributed by atoms with Gasteiger partial charge in [-0.1, -0.05) is 30.3 Å². The average Bonchev–Trinajstić information content (AvgIpc) is 2.85. The fourth-order valence-corrected chi connectivity index (χ4v) is 1.39. The molecule has 0 aliphatic heterocycles. The van der Waals surface area contributed by atoms with Crippen LogP contribution in [0.25, 0.3) is 0 Å². The third-order valence-corrected chi connectivity index (χ3v) is 2.17. The number of hydrogen-bond acceptors (Lipinski definition) is 1. The molecule has 1 aliphatic rings. The van der Waals surface area contributed by atoms with E-state index >= 15 is 0 Å². The van der Waals surface area contributed by atoms with Gasteiger partial charge in [0.1, 0.15) is 0 Å². The Kier molecular flexibility index (Phi) is 1.50. The van der Waals surface area contributed by atoms with Crippen LogP contribution in [0.5, 0.6) is 0 Å². The minimum atomic E-state index is 0.178. The van der Waals surface area contributed by atoms with E-state index in [0.29, 0.717) is 5.92 Å². The van der Waals surface area contributed by atoms with Gasteiger partial charge in [0.05, 0.1) is 0 Å². The highest BCUT2D eigenvalue weighted by Crippen LogP contribution is 2.45. The van der Waals surface area contributed by atoms with Crippen LogP contribution in [0, 0.1) is 5.92 Å². The highest BCUT2D eigenvalue weighted by molar-refractivity contribution is 5.62. The Morgan fingerprint density at radius 2 is 2.00 bits per heavy atom. The molecule has 1 aliphatic carbocycles. The van der Waals surface area contributed by atoms with Crippen molar-refractivity contribution in [1.82, 2.24) is 0 Å². The van der Waals surface area contributed by atoms with Crippen LogP contribution in [0.3, 0.4) is 0 Å². The second-order valence-electron chi connectivity index (χ2n) is 2.98. The van der Waals surface area contributed by atoms with E-state index in [0.717, 1.165) is 6.42 Å². The van der Waals surface area contributed by atoms with Crippen LogP contribution >= 0.6 is 0 Å². The minimum Gasteiger partial charge on any atom is -0.291 e. The van der Waals surface area contributed by atoms with Crippen molar-refractivity contribution in [1.29, 1.82) is 0 Å². The second kappa shape index (κ2) is 2.50. The molecule has 1 radical (unpaired) electrons. The molecule has 2 atom stereocenters. The predicted octanol–water partition coefficient (Wildman–Crippen LogP) is 1.90. The molecule has 1 fully saturated rings. The van der Waals surface area contributed by atoms with E-state index in [-0.39, 0.29) is 5.92 Å². The minimum absolute atomic E-state index is 0.178. The third kappa shape index (κ3) is 1.18. The zero-order valence-electron chi connectivity index (χ0n) is 6.16. The molecule has 0 saturated heterocycles. The fraction of sp³-hybridized carbons (Fsp3) is 0.300. The number of carbonyl (C=O) groups excluding carboxylic acids is 1. The molecule has 11 heavy (non-hydrogen) atoms. The molecular formula is C10H9O. The molecule has 55 valence electrons. The molecular weight excluding hydrogens is 136 g/mol. The molecule has 1 nitrogen and oxygen atoms in total. The van der Waals surface area contributed by atoms with E-state index in [2.05, 4.69) is 12.1 Å². The van der Waals surface area contributed by atoms with Gasteiger partial charge in [-0.15, -0.1) is 0 Å². The second-order valence-corrected chi connectivity index (χ2v) is 2.98. The average molecular weight is 145 g/mol. The summed E-state index contributed by atoms with van der Waals surface area (Å²) in [7, 11) is 0. The summed E-state index contributed by atoms with van der Waals surface area (Å²) in [6.07, 6.45) is 3.03. The first-order valence-corrected chi connectivity index (χ1v) is 3.84. The van der Waals surface area contributed by atoms with Crippen LogP contribution in [0.15, 0.2) is 30.3 Å². The summed E-state index contributed by atoms with van der Waals surface area (Å²) in [6, 6.07) is 10.2. The largest absolute Gasteiger partial charge is 0.291 e. The van der Waals surface area contributed by atoms with Gasteiger partial charge in [-0.05, 0) is 17.9 Å². The molecule has 1 aromatic carbocycles. The van der Waals surface area contributed by atoms with Crippen molar-refractivity contribution >= 4 is 6.29 Å². The van der Waals surface area contributed by atoms with Gasteiger partial charge in [-0.2, -0.15) is 0 Å². The van der Waals surface area contributed by atoms with Crippen LogP contribution in [0.1, 0.15) is 17.9 Å². The smallest absolute Gasteiger partial charge is 0.202 e. The third-order valence-electron chi connectivity index (χ3n) is 2.17. The first-order chi connectivity index (χ1) is 5.42. The topological polar surface area (TPSA) is 17.1 Å². The molecule has 0 spiro atoms. The van der Waals surface area contributed by atoms with Crippen molar-refractivity contribution in [2.45, 2.75) is 12.3 Å². The van der Waals surface area contributed by atoms with Gasteiger partial charge in [-0.3, -0.25) is 4.79 Å². The molecule has 2 unspecified atom stereocenters. The molecule has 0 aromatic heterocycles. The lowest BCUT2D eigenvalue weighted by Gasteiger charge is -1.93. The maximum Gasteiger partial charge on any atom is 0.202 e. The van der Waals surface area contributed by atoms with Crippen molar-refractivity contribution in [3.8, 4) is 0 Å². The Hall–Kier alpha value is -1.11. The summed E-state index contributed by atoms with van der Waals surface area (Å²) in [6.45, 7) is 0. The van der Waals surface area contributed by atoms with E-state index in [1.807, 2.05) is 24.5 Å². The van der Waals surface area contributed by atoms with Crippen molar-refractivity contribution in [2.75, 3.05) is 0 Å². The summed E-state index contributed by atoms with van der Waals surface area (Å²) >= 11 is 0. The van der Waals surface area contributed by atoms with E-state index in [1.165, 1.54) is 5.56 Å². The first-order valence-electron chi connectivity index (χ1n) is 3.84. The van der Waals surface area contributed by atoms with Crippen molar-refractivity contribution in [2.24, 2.45) is 5.92 Å². The van der Waals surface area contributed by atoms with Gasteiger partial charge in [0.15, 0.2) is 0 Å². The number of hydrogen-bond donors (Lipinski definition) is 0. The zero-order chi connectivity index (χ0) is 7.68. The van der Waals surface area contributed by atoms with Crippen molar-refractivity contribution in [3.63, 3.8) is 0 Å². The van der Waals surface area contributed by atoms with Gasteiger partial charge in [0.25, 0.3) is 0 Å². The van der Waals surface area contributed by atoms with Gasteiger partial charge in [0.2, 0.25) is 6.29 Å². The van der Waals surface area contributed by atoms with Gasteiger partial charge < -0.3 is 0 Å². The predicted molar refractivity (Wildman–Crippen MR) is 43.0 cm³/mol. The first kappa shape index (κ1) is 6.59. The summed E-state index contributed by atoms with van der Waals surface area (Å²) in [4.78, 5) is 10.2. The summed E-state index contributed by atoms with van der Waals surface area (Å²) in [5.74, 6) is 0.645. The van der Waals surface area contributed by atoms with Gasteiger partial charge >= 0.3 is 0 Å². The maximum absolute atomic E-state index is 10.2. The SMILES string of the molecule is O=[C]C1CC1c1ccccc1. The fourth-order valence-electron chi connectivity index (χ4n) is 1.39. The maximum atomic E-state index is 10.2. The zero-order valence-corrected chi connectivity index (χ0v) is 6.16. The van der Waals surface area contributed by atoms with Crippen LogP contribution in [-0.4, -0.2) is 6.29 Å². The Balaban J connectivity index is 2.14. The van der Waals surface area contributed by atoms with Crippen LogP contribution in [-0.2, 0) is 4.79 Å². The summed E-state index contributed by atoms with van der Waals surface area (Å²) in [5.41, 5.74) is 1.28. The molecule has 1 heteroatoms. The molecule has 1 aromatic rings. The molecule has 2 rings (SSSR count). The summed E-state index contributed by atoms with van der Waals surface area (Å²) in [5, 5.41) is 0. The summed E-state index contributed by atoms with van der Waals surface area (Å²) < 4.78 is 0. The van der Waals surface area contributed by atoms with Crippen molar-refractivity contribution in [3.05, 3.63) is 35.9 Å². The quantitative estimate of drug-likeness (QED) is 0.621. The van der Waals surface area contributed by atoms with Crippen LogP contribution in [0.2, 0.25) is 0 Å². The molecule has 0 N–H and O–H groups in total. The van der Waals surface area contributed by atoms with Crippen LogP contribution < -0.4 is 0 Å². The van der Waals surface area contributed by atoms with E-state index < -0.39 is 0 Å². The monoisotopic (exact) mass is 145 g/mol. The normalized spacial score (nSPS) is 28.0.